The van der Waals surface area contributed by atoms with Crippen molar-refractivity contribution in [2.75, 3.05) is 18.0 Å². The number of nitrogens with zero attached hydrogens (tertiary/aromatic N) is 2. The zero-order chi connectivity index (χ0) is 19.9. The van der Waals surface area contributed by atoms with Gasteiger partial charge in [0.25, 0.3) is 0 Å². The van der Waals surface area contributed by atoms with Crippen LogP contribution < -0.4 is 4.90 Å². The predicted octanol–water partition coefficient (Wildman–Crippen LogP) is 3.90. The van der Waals surface area contributed by atoms with Crippen LogP contribution in [0.15, 0.2) is 51.8 Å². The Balaban J connectivity index is 1.53. The zero-order valence-corrected chi connectivity index (χ0v) is 17.2. The number of hydrogen-bond donors (Lipinski definition) is 0. The highest BCUT2D eigenvalue weighted by Crippen LogP contribution is 2.33. The summed E-state index contributed by atoms with van der Waals surface area (Å²) in [5, 5.41) is 0. The summed E-state index contributed by atoms with van der Waals surface area (Å²) in [5.74, 6) is -0.508. The van der Waals surface area contributed by atoms with Crippen molar-refractivity contribution < 1.29 is 22.3 Å². The molecule has 0 atom stereocenters. The summed E-state index contributed by atoms with van der Waals surface area (Å²) < 4.78 is 46.0. The van der Waals surface area contributed by atoms with Gasteiger partial charge in [-0.05, 0) is 53.0 Å². The summed E-state index contributed by atoms with van der Waals surface area (Å²) in [5.41, 5.74) is 1.76. The van der Waals surface area contributed by atoms with E-state index in [9.17, 15) is 17.6 Å². The fourth-order valence-corrected chi connectivity index (χ4v) is 6.16. The Bertz CT molecular complexity index is 1020. The minimum Gasteiger partial charge on any atom is -0.444 e. The number of hydrogen-bond acceptors (Lipinski definition) is 4. The van der Waals surface area contributed by atoms with Crippen LogP contribution in [0.5, 0.6) is 0 Å². The number of ether oxygens (including phenoxy) is 1. The molecule has 2 aromatic carbocycles. The van der Waals surface area contributed by atoms with Gasteiger partial charge in [-0.15, -0.1) is 0 Å². The summed E-state index contributed by atoms with van der Waals surface area (Å²) >= 11 is 3.13. The molecule has 0 saturated carbocycles. The molecular formula is C19H18BrFN2O4S. The summed E-state index contributed by atoms with van der Waals surface area (Å²) in [4.78, 5) is 14.0. The lowest BCUT2D eigenvalue weighted by atomic mass is 10.0. The number of benzene rings is 2. The van der Waals surface area contributed by atoms with E-state index in [1.807, 2.05) is 24.3 Å². The molecule has 0 aliphatic carbocycles. The van der Waals surface area contributed by atoms with Gasteiger partial charge in [0, 0.05) is 29.2 Å². The molecule has 0 N–H and O–H groups in total. The molecule has 4 rings (SSSR count). The zero-order valence-electron chi connectivity index (χ0n) is 14.8. The maximum atomic E-state index is 13.3. The molecular weight excluding hydrogens is 451 g/mol. The molecule has 28 heavy (non-hydrogen) atoms. The maximum Gasteiger partial charge on any atom is 0.414 e. The number of carbonyl (C=O) groups excluding carboxylic acids is 1. The van der Waals surface area contributed by atoms with Gasteiger partial charge in [-0.25, -0.2) is 17.6 Å². The Hall–Kier alpha value is -1.97. The fraction of sp³-hybridized carbons (Fsp3) is 0.316. The van der Waals surface area contributed by atoms with Gasteiger partial charge in [-0.3, -0.25) is 4.90 Å². The number of para-hydroxylation sites is 1. The average molecular weight is 469 g/mol. The van der Waals surface area contributed by atoms with E-state index in [4.69, 9.17) is 4.74 Å². The number of fused-ring (bicyclic) bond motifs is 1. The molecule has 0 aromatic heterocycles. The number of carbonyl (C=O) groups is 1. The van der Waals surface area contributed by atoms with Gasteiger partial charge >= 0.3 is 6.09 Å². The number of cyclic esters (lactones) is 1. The van der Waals surface area contributed by atoms with Crippen LogP contribution in [-0.4, -0.2) is 37.9 Å². The smallest absolute Gasteiger partial charge is 0.414 e. The molecule has 2 heterocycles. The lowest BCUT2D eigenvalue weighted by Crippen LogP contribution is -2.50. The van der Waals surface area contributed by atoms with Gasteiger partial charge in [0.05, 0.1) is 10.6 Å². The second-order valence-electron chi connectivity index (χ2n) is 6.76. The molecule has 2 aliphatic heterocycles. The number of sulfonamides is 1. The standard InChI is InChI=1S/C19H18BrFN2O4S/c20-16-11-14(21)5-6-18(16)28(25,26)22-9-7-15(8-10-22)23-17-4-2-1-3-13(17)12-27-19(23)24/h1-6,11,15H,7-10,12H2. The third-order valence-corrected chi connectivity index (χ3v) is 7.97. The van der Waals surface area contributed by atoms with Gasteiger partial charge in [0.2, 0.25) is 10.0 Å². The predicted molar refractivity (Wildman–Crippen MR) is 105 cm³/mol. The number of piperidine rings is 1. The number of rotatable bonds is 3. The van der Waals surface area contributed by atoms with Crippen molar-refractivity contribution in [1.82, 2.24) is 4.31 Å². The van der Waals surface area contributed by atoms with Crippen molar-refractivity contribution in [2.45, 2.75) is 30.4 Å². The number of halogens is 2. The Labute approximate surface area is 171 Å². The Morgan fingerprint density at radius 2 is 1.82 bits per heavy atom. The van der Waals surface area contributed by atoms with Crippen molar-refractivity contribution >= 4 is 37.7 Å². The van der Waals surface area contributed by atoms with Crippen LogP contribution >= 0.6 is 15.9 Å². The second-order valence-corrected chi connectivity index (χ2v) is 9.52. The molecule has 0 bridgehead atoms. The van der Waals surface area contributed by atoms with Crippen molar-refractivity contribution in [3.8, 4) is 0 Å². The van der Waals surface area contributed by atoms with Crippen LogP contribution in [0, 0.1) is 5.82 Å². The summed E-state index contributed by atoms with van der Waals surface area (Å²) in [6.45, 7) is 0.781. The van der Waals surface area contributed by atoms with Gasteiger partial charge in [0.15, 0.2) is 0 Å². The highest BCUT2D eigenvalue weighted by Gasteiger charge is 2.37. The van der Waals surface area contributed by atoms with Crippen LogP contribution in [-0.2, 0) is 21.4 Å². The minimum atomic E-state index is -3.75. The lowest BCUT2D eigenvalue weighted by Gasteiger charge is -2.39. The van der Waals surface area contributed by atoms with Gasteiger partial charge in [-0.1, -0.05) is 18.2 Å². The molecule has 9 heteroatoms. The van der Waals surface area contributed by atoms with Crippen LogP contribution in [0.25, 0.3) is 0 Å². The van der Waals surface area contributed by atoms with Gasteiger partial charge in [0.1, 0.15) is 12.4 Å². The molecule has 148 valence electrons. The number of anilines is 1. The first-order valence-corrected chi connectivity index (χ1v) is 11.1. The van der Waals surface area contributed by atoms with Gasteiger partial charge < -0.3 is 4.74 Å². The highest BCUT2D eigenvalue weighted by atomic mass is 79.9. The van der Waals surface area contributed by atoms with E-state index in [0.29, 0.717) is 12.8 Å². The lowest BCUT2D eigenvalue weighted by molar-refractivity contribution is 0.136. The van der Waals surface area contributed by atoms with Crippen molar-refractivity contribution in [2.24, 2.45) is 0 Å². The SMILES string of the molecule is O=C1OCc2ccccc2N1C1CCN(S(=O)(=O)c2ccc(F)cc2Br)CC1. The van der Waals surface area contributed by atoms with Crippen molar-refractivity contribution in [3.63, 3.8) is 0 Å². The van der Waals surface area contributed by atoms with Crippen molar-refractivity contribution in [3.05, 3.63) is 58.3 Å². The number of amides is 1. The minimum absolute atomic E-state index is 0.0371. The summed E-state index contributed by atoms with van der Waals surface area (Å²) in [7, 11) is -3.75. The maximum absolute atomic E-state index is 13.3. The van der Waals surface area contributed by atoms with Crippen LogP contribution in [0.3, 0.4) is 0 Å². The highest BCUT2D eigenvalue weighted by molar-refractivity contribution is 9.10. The fourth-order valence-electron chi connectivity index (χ4n) is 3.69. The van der Waals surface area contributed by atoms with E-state index in [1.165, 1.54) is 10.4 Å². The largest absolute Gasteiger partial charge is 0.444 e. The van der Waals surface area contributed by atoms with Gasteiger partial charge in [-0.2, -0.15) is 4.31 Å². The monoisotopic (exact) mass is 468 g/mol. The first-order valence-electron chi connectivity index (χ1n) is 8.87. The van der Waals surface area contributed by atoms with E-state index in [-0.39, 0.29) is 35.1 Å². The molecule has 2 aromatic rings. The van der Waals surface area contributed by atoms with E-state index < -0.39 is 21.9 Å². The molecule has 1 amide bonds. The third-order valence-electron chi connectivity index (χ3n) is 5.10. The topological polar surface area (TPSA) is 66.9 Å². The molecule has 0 unspecified atom stereocenters. The quantitative estimate of drug-likeness (QED) is 0.684. The summed E-state index contributed by atoms with van der Waals surface area (Å²) in [6.07, 6.45) is 0.574. The van der Waals surface area contributed by atoms with E-state index >= 15 is 0 Å². The molecule has 1 fully saturated rings. The normalized spacial score (nSPS) is 18.6. The van der Waals surface area contributed by atoms with Crippen LogP contribution in [0.1, 0.15) is 18.4 Å². The van der Waals surface area contributed by atoms with E-state index in [2.05, 4.69) is 15.9 Å². The van der Waals surface area contributed by atoms with E-state index in [1.54, 1.807) is 4.90 Å². The molecule has 6 nitrogen and oxygen atoms in total. The Morgan fingerprint density at radius 3 is 2.54 bits per heavy atom. The Morgan fingerprint density at radius 1 is 1.11 bits per heavy atom. The summed E-state index contributed by atoms with van der Waals surface area (Å²) in [6, 6.07) is 11.0. The van der Waals surface area contributed by atoms with Crippen LogP contribution in [0.2, 0.25) is 0 Å². The second kappa shape index (κ2) is 7.46. The molecule has 2 aliphatic rings. The average Bonchev–Trinajstić information content (AvgIpc) is 2.68. The molecule has 1 saturated heterocycles. The third kappa shape index (κ3) is 3.42. The first kappa shape index (κ1) is 19.4. The van der Waals surface area contributed by atoms with Crippen LogP contribution in [0.4, 0.5) is 14.9 Å². The first-order chi connectivity index (χ1) is 13.4. The Kier molecular flexibility index (Phi) is 5.15. The van der Waals surface area contributed by atoms with E-state index in [0.717, 1.165) is 23.4 Å². The molecule has 0 radical (unpaired) electrons. The van der Waals surface area contributed by atoms with Crippen molar-refractivity contribution in [1.29, 1.82) is 0 Å². The molecule has 0 spiro atoms.